The van der Waals surface area contributed by atoms with Gasteiger partial charge >= 0.3 is 0 Å². The molecule has 8 heteroatoms. The van der Waals surface area contributed by atoms with Crippen molar-refractivity contribution in [1.82, 2.24) is 20.7 Å². The number of rotatable bonds is 11. The lowest BCUT2D eigenvalue weighted by Crippen LogP contribution is -2.57. The van der Waals surface area contributed by atoms with E-state index in [1.807, 2.05) is 24.8 Å². The highest BCUT2D eigenvalue weighted by Crippen LogP contribution is 2.35. The summed E-state index contributed by atoms with van der Waals surface area (Å²) in [6.07, 6.45) is 9.99. The van der Waals surface area contributed by atoms with Crippen LogP contribution in [0.2, 0.25) is 0 Å². The highest BCUT2D eigenvalue weighted by Gasteiger charge is 2.35. The fourth-order valence-corrected chi connectivity index (χ4v) is 6.83. The molecule has 2 aliphatic rings. The minimum absolute atomic E-state index is 0.0412. The van der Waals surface area contributed by atoms with Crippen molar-refractivity contribution in [3.05, 3.63) is 78.2 Å². The van der Waals surface area contributed by atoms with Crippen molar-refractivity contribution < 1.29 is 18.9 Å². The van der Waals surface area contributed by atoms with E-state index in [0.29, 0.717) is 31.3 Å². The topological polar surface area (TPSA) is 105 Å². The summed E-state index contributed by atoms with van der Waals surface area (Å²) in [4.78, 5) is 42.6. The van der Waals surface area contributed by atoms with Gasteiger partial charge in [0.25, 0.3) is 5.91 Å². The third-order valence-corrected chi connectivity index (χ3v) is 9.65. The Morgan fingerprint density at radius 1 is 0.909 bits per heavy atom. The van der Waals surface area contributed by atoms with Crippen LogP contribution in [0, 0.1) is 11.8 Å². The Morgan fingerprint density at radius 3 is 2.30 bits per heavy atom. The molecule has 0 spiro atoms. The summed E-state index contributed by atoms with van der Waals surface area (Å²) in [6.45, 7) is 5.33. The van der Waals surface area contributed by atoms with Gasteiger partial charge in [0.1, 0.15) is 12.1 Å². The van der Waals surface area contributed by atoms with Gasteiger partial charge in [0.2, 0.25) is 17.6 Å². The highest BCUT2D eigenvalue weighted by atomic mass is 16.5. The molecule has 2 N–H and O–H groups in total. The summed E-state index contributed by atoms with van der Waals surface area (Å²) in [5.74, 6) is -0.0960. The number of aromatic nitrogens is 1. The molecule has 2 fully saturated rings. The van der Waals surface area contributed by atoms with E-state index in [-0.39, 0.29) is 23.5 Å². The molecule has 1 aromatic heterocycles. The first-order valence-corrected chi connectivity index (χ1v) is 16.4. The number of nitrogens with zero attached hydrogens (tertiary/aromatic N) is 2. The van der Waals surface area contributed by atoms with E-state index in [9.17, 15) is 14.4 Å². The van der Waals surface area contributed by atoms with Gasteiger partial charge in [-0.15, -0.1) is 0 Å². The van der Waals surface area contributed by atoms with E-state index in [1.165, 1.54) is 35.4 Å². The second kappa shape index (κ2) is 15.2. The molecule has 2 heterocycles. The summed E-state index contributed by atoms with van der Waals surface area (Å²) in [6, 6.07) is 19.1. The largest absolute Gasteiger partial charge is 0.351 e. The predicted octanol–water partition coefficient (Wildman–Crippen LogP) is 6.35. The van der Waals surface area contributed by atoms with Crippen LogP contribution in [0.15, 0.2) is 71.4 Å². The Morgan fingerprint density at radius 2 is 1.61 bits per heavy atom. The summed E-state index contributed by atoms with van der Waals surface area (Å²) >= 11 is 0. The van der Waals surface area contributed by atoms with Gasteiger partial charge in [0, 0.05) is 19.2 Å². The maximum Gasteiger partial charge on any atom is 0.290 e. The number of hydrogen-bond acceptors (Lipinski definition) is 5. The van der Waals surface area contributed by atoms with E-state index < -0.39 is 18.0 Å². The van der Waals surface area contributed by atoms with Crippen LogP contribution in [-0.2, 0) is 9.59 Å². The van der Waals surface area contributed by atoms with Gasteiger partial charge in [0.05, 0.1) is 6.20 Å². The number of carbonyl (C=O) groups is 3. The van der Waals surface area contributed by atoms with Crippen LogP contribution >= 0.6 is 0 Å². The fraction of sp³-hybridized carbons (Fsp3) is 0.500. The second-order valence-corrected chi connectivity index (χ2v) is 12.6. The molecule has 3 amide bonds. The van der Waals surface area contributed by atoms with Crippen LogP contribution in [0.1, 0.15) is 93.7 Å². The Kier molecular flexibility index (Phi) is 10.9. The first-order chi connectivity index (χ1) is 21.4. The Labute approximate surface area is 261 Å². The van der Waals surface area contributed by atoms with Gasteiger partial charge in [0.15, 0.2) is 0 Å². The van der Waals surface area contributed by atoms with Crippen molar-refractivity contribution in [1.29, 1.82) is 0 Å². The Balaban J connectivity index is 1.26. The van der Waals surface area contributed by atoms with Crippen molar-refractivity contribution >= 4 is 17.7 Å². The monoisotopic (exact) mass is 598 g/mol. The SMILES string of the molecule is CC[C@H](C)[C@H](NC(=O)[C@H](CC1CCCCC1)NC(=O)c1ccno1)C(=O)N1CCC(c2ccccc2-c2ccccc2)CC1. The van der Waals surface area contributed by atoms with E-state index >= 15 is 0 Å². The number of amides is 3. The Hall–Kier alpha value is -3.94. The molecule has 44 heavy (non-hydrogen) atoms. The van der Waals surface area contributed by atoms with Crippen molar-refractivity contribution in [2.75, 3.05) is 13.1 Å². The molecule has 0 bridgehead atoms. The van der Waals surface area contributed by atoms with Crippen LogP contribution in [0.4, 0.5) is 0 Å². The number of carbonyl (C=O) groups excluding carboxylic acids is 3. The standard InChI is InChI=1S/C36H46N4O4/c1-3-25(2)33(39-34(41)31(24-26-12-6-4-7-13-26)38-35(42)32-18-21-37-44-32)36(43)40-22-19-28(20-23-40)30-17-11-10-16-29(30)27-14-8-5-9-15-27/h5,8-11,14-18,21,25-26,28,31,33H,3-4,6-7,12-13,19-20,22-24H2,1-2H3,(H,38,42)(H,39,41)/t25-,31-,33-/m0/s1. The fourth-order valence-electron chi connectivity index (χ4n) is 6.83. The zero-order valence-corrected chi connectivity index (χ0v) is 26.0. The van der Waals surface area contributed by atoms with Crippen LogP contribution in [0.3, 0.4) is 0 Å². The zero-order valence-electron chi connectivity index (χ0n) is 26.0. The number of nitrogens with one attached hydrogen (secondary N) is 2. The van der Waals surface area contributed by atoms with Crippen LogP contribution in [-0.4, -0.2) is 53.0 Å². The molecule has 0 unspecified atom stereocenters. The van der Waals surface area contributed by atoms with Gasteiger partial charge in [-0.25, -0.2) is 0 Å². The maximum absolute atomic E-state index is 14.0. The van der Waals surface area contributed by atoms with Gasteiger partial charge in [-0.3, -0.25) is 14.4 Å². The molecule has 1 saturated carbocycles. The number of piperidine rings is 1. The smallest absolute Gasteiger partial charge is 0.290 e. The van der Waals surface area contributed by atoms with Gasteiger partial charge in [-0.05, 0) is 53.7 Å². The third kappa shape index (κ3) is 7.76. The second-order valence-electron chi connectivity index (χ2n) is 12.6. The molecule has 1 aliphatic heterocycles. The van der Waals surface area contributed by atoms with Gasteiger partial charge in [-0.2, -0.15) is 0 Å². The Bertz CT molecular complexity index is 1360. The van der Waals surface area contributed by atoms with Crippen LogP contribution < -0.4 is 10.6 Å². The highest BCUT2D eigenvalue weighted by molar-refractivity contribution is 5.96. The number of hydrogen-bond donors (Lipinski definition) is 2. The predicted molar refractivity (Wildman–Crippen MR) is 171 cm³/mol. The van der Waals surface area contributed by atoms with Crippen LogP contribution in [0.25, 0.3) is 11.1 Å². The number of benzene rings is 2. The molecular formula is C36H46N4O4. The van der Waals surface area contributed by atoms with E-state index in [0.717, 1.165) is 44.9 Å². The van der Waals surface area contributed by atoms with E-state index in [4.69, 9.17) is 4.52 Å². The minimum Gasteiger partial charge on any atom is -0.351 e. The van der Waals surface area contributed by atoms with Crippen molar-refractivity contribution in [3.8, 4) is 11.1 Å². The first-order valence-electron chi connectivity index (χ1n) is 16.4. The first kappa shape index (κ1) is 31.5. The summed E-state index contributed by atoms with van der Waals surface area (Å²) in [5.41, 5.74) is 3.78. The lowest BCUT2D eigenvalue weighted by atomic mass is 9.84. The van der Waals surface area contributed by atoms with Crippen molar-refractivity contribution in [3.63, 3.8) is 0 Å². The van der Waals surface area contributed by atoms with Gasteiger partial charge in [-0.1, -0.05) is 112 Å². The maximum atomic E-state index is 14.0. The molecule has 1 aliphatic carbocycles. The molecular weight excluding hydrogens is 552 g/mol. The van der Waals surface area contributed by atoms with Gasteiger partial charge < -0.3 is 20.1 Å². The normalized spacial score (nSPS) is 18.3. The molecule has 1 saturated heterocycles. The third-order valence-electron chi connectivity index (χ3n) is 9.65. The molecule has 3 aromatic rings. The minimum atomic E-state index is -0.754. The summed E-state index contributed by atoms with van der Waals surface area (Å²) in [5, 5.41) is 9.59. The summed E-state index contributed by atoms with van der Waals surface area (Å²) in [7, 11) is 0. The lowest BCUT2D eigenvalue weighted by Gasteiger charge is -2.37. The summed E-state index contributed by atoms with van der Waals surface area (Å²) < 4.78 is 5.04. The molecule has 3 atom stereocenters. The number of likely N-dealkylation sites (tertiary alicyclic amines) is 1. The van der Waals surface area contributed by atoms with Crippen molar-refractivity contribution in [2.24, 2.45) is 11.8 Å². The molecule has 8 nitrogen and oxygen atoms in total. The molecule has 0 radical (unpaired) electrons. The molecule has 234 valence electrons. The van der Waals surface area contributed by atoms with E-state index in [1.54, 1.807) is 0 Å². The average Bonchev–Trinajstić information content (AvgIpc) is 3.63. The molecule has 2 aromatic carbocycles. The lowest BCUT2D eigenvalue weighted by molar-refractivity contribution is -0.139. The van der Waals surface area contributed by atoms with Crippen LogP contribution in [0.5, 0.6) is 0 Å². The molecule has 5 rings (SSSR count). The van der Waals surface area contributed by atoms with Crippen molar-refractivity contribution in [2.45, 2.75) is 89.6 Å². The quantitative estimate of drug-likeness (QED) is 0.268. The average molecular weight is 599 g/mol. The zero-order chi connectivity index (χ0) is 30.9. The van der Waals surface area contributed by atoms with E-state index in [2.05, 4.69) is 64.3 Å².